The molecule has 0 atom stereocenters. The predicted octanol–water partition coefficient (Wildman–Crippen LogP) is 3.12. The summed E-state index contributed by atoms with van der Waals surface area (Å²) < 4.78 is 14.2. The molecule has 0 unspecified atom stereocenters. The van der Waals surface area contributed by atoms with Crippen LogP contribution in [0, 0.1) is 5.82 Å². The Kier molecular flexibility index (Phi) is 4.23. The SMILES string of the molecule is Nc1ccc(NC(=O)c2ccc(Br)cc2F)c(C(=O)O)c1. The van der Waals surface area contributed by atoms with Gasteiger partial charge in [-0.3, -0.25) is 4.79 Å². The normalized spacial score (nSPS) is 10.2. The summed E-state index contributed by atoms with van der Waals surface area (Å²) >= 11 is 3.09. The van der Waals surface area contributed by atoms with Gasteiger partial charge in [-0.15, -0.1) is 0 Å². The Morgan fingerprint density at radius 2 is 1.86 bits per heavy atom. The molecule has 108 valence electrons. The Bertz CT molecular complexity index is 734. The van der Waals surface area contributed by atoms with Crippen LogP contribution in [0.2, 0.25) is 0 Å². The minimum absolute atomic E-state index is 0.0454. The molecule has 5 nitrogen and oxygen atoms in total. The fourth-order valence-corrected chi connectivity index (χ4v) is 2.04. The van der Waals surface area contributed by atoms with Gasteiger partial charge in [0.15, 0.2) is 0 Å². The largest absolute Gasteiger partial charge is 0.478 e. The maximum Gasteiger partial charge on any atom is 0.337 e. The molecule has 0 fully saturated rings. The van der Waals surface area contributed by atoms with Gasteiger partial charge in [0.25, 0.3) is 5.91 Å². The number of carboxylic acids is 1. The Morgan fingerprint density at radius 3 is 2.48 bits per heavy atom. The van der Waals surface area contributed by atoms with Crippen LogP contribution in [0.3, 0.4) is 0 Å². The van der Waals surface area contributed by atoms with E-state index in [1.807, 2.05) is 0 Å². The average molecular weight is 353 g/mol. The van der Waals surface area contributed by atoms with E-state index in [2.05, 4.69) is 21.2 Å². The summed E-state index contributed by atoms with van der Waals surface area (Å²) in [7, 11) is 0. The second-order valence-electron chi connectivity index (χ2n) is 4.19. The molecule has 4 N–H and O–H groups in total. The molecule has 2 aromatic rings. The number of halogens is 2. The van der Waals surface area contributed by atoms with Crippen molar-refractivity contribution >= 4 is 39.2 Å². The summed E-state index contributed by atoms with van der Waals surface area (Å²) in [6.45, 7) is 0. The minimum atomic E-state index is -1.24. The Labute approximate surface area is 127 Å². The number of carboxylic acid groups (broad SMARTS) is 1. The molecule has 0 aliphatic rings. The van der Waals surface area contributed by atoms with Crippen molar-refractivity contribution < 1.29 is 19.1 Å². The highest BCUT2D eigenvalue weighted by atomic mass is 79.9. The smallest absolute Gasteiger partial charge is 0.337 e. The number of aromatic carboxylic acids is 1. The zero-order valence-electron chi connectivity index (χ0n) is 10.6. The van der Waals surface area contributed by atoms with E-state index in [4.69, 9.17) is 10.8 Å². The number of rotatable bonds is 3. The topological polar surface area (TPSA) is 92.4 Å². The molecule has 2 rings (SSSR count). The summed E-state index contributed by atoms with van der Waals surface area (Å²) in [4.78, 5) is 23.1. The zero-order chi connectivity index (χ0) is 15.6. The summed E-state index contributed by atoms with van der Waals surface area (Å²) in [5.41, 5.74) is 5.45. The average Bonchev–Trinajstić information content (AvgIpc) is 2.40. The van der Waals surface area contributed by atoms with Crippen LogP contribution in [-0.2, 0) is 0 Å². The van der Waals surface area contributed by atoms with Gasteiger partial charge < -0.3 is 16.2 Å². The lowest BCUT2D eigenvalue weighted by Crippen LogP contribution is -2.16. The fraction of sp³-hybridized carbons (Fsp3) is 0. The van der Waals surface area contributed by atoms with Crippen LogP contribution in [-0.4, -0.2) is 17.0 Å². The van der Waals surface area contributed by atoms with Crippen LogP contribution in [0.15, 0.2) is 40.9 Å². The third-order valence-electron chi connectivity index (χ3n) is 2.70. The van der Waals surface area contributed by atoms with Gasteiger partial charge in [-0.1, -0.05) is 15.9 Å². The van der Waals surface area contributed by atoms with Crippen molar-refractivity contribution in [3.63, 3.8) is 0 Å². The molecule has 0 spiro atoms. The maximum absolute atomic E-state index is 13.7. The van der Waals surface area contributed by atoms with Crippen LogP contribution in [0.25, 0.3) is 0 Å². The summed E-state index contributed by atoms with van der Waals surface area (Å²) in [6, 6.07) is 7.98. The lowest BCUT2D eigenvalue weighted by atomic mass is 10.1. The second kappa shape index (κ2) is 5.92. The van der Waals surface area contributed by atoms with Crippen LogP contribution in [0.1, 0.15) is 20.7 Å². The number of hydrogen-bond donors (Lipinski definition) is 3. The van der Waals surface area contributed by atoms with Crippen molar-refractivity contribution in [1.82, 2.24) is 0 Å². The number of nitrogens with two attached hydrogens (primary N) is 1. The van der Waals surface area contributed by atoms with E-state index in [-0.39, 0.29) is 22.5 Å². The molecule has 0 heterocycles. The van der Waals surface area contributed by atoms with E-state index >= 15 is 0 Å². The van der Waals surface area contributed by atoms with Gasteiger partial charge in [-0.05, 0) is 36.4 Å². The van der Waals surface area contributed by atoms with Crippen LogP contribution < -0.4 is 11.1 Å². The summed E-state index contributed by atoms with van der Waals surface area (Å²) in [5.74, 6) is -2.70. The standard InChI is InChI=1S/C14H10BrFN2O3/c15-7-1-3-9(11(16)5-7)13(19)18-12-4-2-8(17)6-10(12)14(20)21/h1-6H,17H2,(H,18,19)(H,20,21). The van der Waals surface area contributed by atoms with Crippen molar-refractivity contribution in [2.45, 2.75) is 0 Å². The Morgan fingerprint density at radius 1 is 1.14 bits per heavy atom. The van der Waals surface area contributed by atoms with Crippen molar-refractivity contribution in [2.24, 2.45) is 0 Å². The molecular formula is C14H10BrFN2O3. The highest BCUT2D eigenvalue weighted by molar-refractivity contribution is 9.10. The molecule has 0 aliphatic heterocycles. The van der Waals surface area contributed by atoms with Gasteiger partial charge in [0.05, 0.1) is 16.8 Å². The van der Waals surface area contributed by atoms with E-state index in [1.165, 1.54) is 30.3 Å². The van der Waals surface area contributed by atoms with Crippen molar-refractivity contribution in [3.05, 3.63) is 57.8 Å². The first kappa shape index (κ1) is 15.0. The molecule has 1 amide bonds. The number of benzene rings is 2. The number of carbonyl (C=O) groups is 2. The molecule has 0 aromatic heterocycles. The van der Waals surface area contributed by atoms with Gasteiger partial charge >= 0.3 is 5.97 Å². The van der Waals surface area contributed by atoms with E-state index in [0.717, 1.165) is 6.07 Å². The van der Waals surface area contributed by atoms with Crippen molar-refractivity contribution in [2.75, 3.05) is 11.1 Å². The number of nitrogen functional groups attached to an aromatic ring is 1. The highest BCUT2D eigenvalue weighted by Crippen LogP contribution is 2.21. The molecule has 0 aliphatic carbocycles. The summed E-state index contributed by atoms with van der Waals surface area (Å²) in [6.07, 6.45) is 0. The van der Waals surface area contributed by atoms with Crippen molar-refractivity contribution in [3.8, 4) is 0 Å². The number of anilines is 2. The minimum Gasteiger partial charge on any atom is -0.478 e. The zero-order valence-corrected chi connectivity index (χ0v) is 12.1. The molecule has 0 saturated carbocycles. The second-order valence-corrected chi connectivity index (χ2v) is 5.10. The fourth-order valence-electron chi connectivity index (χ4n) is 1.71. The molecular weight excluding hydrogens is 343 g/mol. The van der Waals surface area contributed by atoms with E-state index in [0.29, 0.717) is 4.47 Å². The number of nitrogens with one attached hydrogen (secondary N) is 1. The molecule has 2 aromatic carbocycles. The first-order valence-electron chi connectivity index (χ1n) is 5.77. The maximum atomic E-state index is 13.7. The first-order chi connectivity index (χ1) is 9.88. The van der Waals surface area contributed by atoms with Crippen LogP contribution >= 0.6 is 15.9 Å². The first-order valence-corrected chi connectivity index (χ1v) is 6.57. The quantitative estimate of drug-likeness (QED) is 0.740. The predicted molar refractivity (Wildman–Crippen MR) is 79.9 cm³/mol. The highest BCUT2D eigenvalue weighted by Gasteiger charge is 2.16. The summed E-state index contributed by atoms with van der Waals surface area (Å²) in [5, 5.41) is 11.4. The van der Waals surface area contributed by atoms with Gasteiger partial charge in [0.1, 0.15) is 5.82 Å². The van der Waals surface area contributed by atoms with Gasteiger partial charge in [0, 0.05) is 10.2 Å². The van der Waals surface area contributed by atoms with E-state index in [9.17, 15) is 14.0 Å². The number of amides is 1. The van der Waals surface area contributed by atoms with E-state index < -0.39 is 17.7 Å². The van der Waals surface area contributed by atoms with E-state index in [1.54, 1.807) is 0 Å². The van der Waals surface area contributed by atoms with Gasteiger partial charge in [-0.25, -0.2) is 9.18 Å². The van der Waals surface area contributed by atoms with Crippen LogP contribution in [0.5, 0.6) is 0 Å². The Hall–Kier alpha value is -2.41. The van der Waals surface area contributed by atoms with Crippen molar-refractivity contribution in [1.29, 1.82) is 0 Å². The van der Waals surface area contributed by atoms with Gasteiger partial charge in [-0.2, -0.15) is 0 Å². The molecule has 0 bridgehead atoms. The lowest BCUT2D eigenvalue weighted by molar-refractivity contribution is 0.0698. The number of carbonyl (C=O) groups excluding carboxylic acids is 1. The molecule has 21 heavy (non-hydrogen) atoms. The third-order valence-corrected chi connectivity index (χ3v) is 3.19. The Balaban J connectivity index is 2.34. The lowest BCUT2D eigenvalue weighted by Gasteiger charge is -2.10. The molecule has 0 saturated heterocycles. The monoisotopic (exact) mass is 352 g/mol. The van der Waals surface area contributed by atoms with Crippen LogP contribution in [0.4, 0.5) is 15.8 Å². The van der Waals surface area contributed by atoms with Gasteiger partial charge in [0.2, 0.25) is 0 Å². The number of hydrogen-bond acceptors (Lipinski definition) is 3. The third kappa shape index (κ3) is 3.38. The molecule has 7 heteroatoms. The molecule has 0 radical (unpaired) electrons.